The van der Waals surface area contributed by atoms with E-state index in [0.717, 1.165) is 28.8 Å². The van der Waals surface area contributed by atoms with Crippen LogP contribution in [-0.4, -0.2) is 19.7 Å². The Morgan fingerprint density at radius 2 is 2.11 bits per heavy atom. The van der Waals surface area contributed by atoms with Crippen molar-refractivity contribution in [1.82, 2.24) is 19.7 Å². The number of nitrogens with two attached hydrogens (primary N) is 1. The van der Waals surface area contributed by atoms with Crippen LogP contribution in [0.3, 0.4) is 0 Å². The number of nitrogen functional groups attached to an aromatic ring is 1. The number of anilines is 1. The van der Waals surface area contributed by atoms with Gasteiger partial charge in [-0.1, -0.05) is 6.42 Å². The molecule has 0 aliphatic carbocycles. The molecule has 0 saturated heterocycles. The molecule has 3 heterocycles. The first-order valence-corrected chi connectivity index (χ1v) is 6.96. The van der Waals surface area contributed by atoms with Crippen molar-refractivity contribution in [1.29, 1.82) is 0 Å². The number of hydrogen-bond acceptors (Lipinski definition) is 5. The van der Waals surface area contributed by atoms with E-state index < -0.39 is 0 Å². The van der Waals surface area contributed by atoms with Gasteiger partial charge in [0.2, 0.25) is 0 Å². The van der Waals surface area contributed by atoms with Crippen molar-refractivity contribution in [3.63, 3.8) is 0 Å². The number of aryl methyl sites for hydroxylation is 1. The zero-order chi connectivity index (χ0) is 12.4. The summed E-state index contributed by atoms with van der Waals surface area (Å²) in [7, 11) is 0. The third kappa shape index (κ3) is 2.33. The van der Waals surface area contributed by atoms with E-state index in [1.807, 2.05) is 12.1 Å². The molecule has 0 unspecified atom stereocenters. The van der Waals surface area contributed by atoms with Gasteiger partial charge in [0.15, 0.2) is 5.16 Å². The highest BCUT2D eigenvalue weighted by atomic mass is 32.2. The quantitative estimate of drug-likeness (QED) is 0.896. The molecule has 18 heavy (non-hydrogen) atoms. The Bertz CT molecular complexity index is 534. The Morgan fingerprint density at radius 1 is 1.17 bits per heavy atom. The second-order valence-electron chi connectivity index (χ2n) is 4.38. The molecule has 94 valence electrons. The van der Waals surface area contributed by atoms with Gasteiger partial charge in [-0.25, -0.2) is 4.98 Å². The minimum Gasteiger partial charge on any atom is -0.384 e. The number of fused-ring (bicyclic) bond motifs is 1. The van der Waals surface area contributed by atoms with Crippen molar-refractivity contribution in [3.8, 4) is 0 Å². The molecule has 5 nitrogen and oxygen atoms in total. The zero-order valence-electron chi connectivity index (χ0n) is 10.0. The van der Waals surface area contributed by atoms with Crippen LogP contribution in [-0.2, 0) is 13.0 Å². The fraction of sp³-hybridized carbons (Fsp3) is 0.417. The zero-order valence-corrected chi connectivity index (χ0v) is 10.9. The van der Waals surface area contributed by atoms with Crippen LogP contribution < -0.4 is 5.73 Å². The number of aromatic nitrogens is 4. The van der Waals surface area contributed by atoms with E-state index in [2.05, 4.69) is 19.7 Å². The lowest BCUT2D eigenvalue weighted by Gasteiger charge is -2.06. The summed E-state index contributed by atoms with van der Waals surface area (Å²) in [6.07, 6.45) is 6.51. The first kappa shape index (κ1) is 11.5. The van der Waals surface area contributed by atoms with Gasteiger partial charge >= 0.3 is 0 Å². The van der Waals surface area contributed by atoms with E-state index in [0.29, 0.717) is 5.82 Å². The standard InChI is InChI=1S/C12H15N5S/c13-10-6-5-9(8-14-10)18-12-16-15-11-4-2-1-3-7-17(11)12/h5-6,8H,1-4,7H2,(H2,13,14). The molecule has 0 amide bonds. The fourth-order valence-corrected chi connectivity index (χ4v) is 2.93. The molecule has 1 aliphatic heterocycles. The molecule has 0 atom stereocenters. The average Bonchev–Trinajstić information content (AvgIpc) is 2.62. The maximum Gasteiger partial charge on any atom is 0.196 e. The monoisotopic (exact) mass is 261 g/mol. The lowest BCUT2D eigenvalue weighted by molar-refractivity contribution is 0.591. The second-order valence-corrected chi connectivity index (χ2v) is 5.42. The molecule has 2 aromatic heterocycles. The highest BCUT2D eigenvalue weighted by Gasteiger charge is 2.15. The minimum atomic E-state index is 0.541. The predicted molar refractivity (Wildman–Crippen MR) is 70.3 cm³/mol. The Morgan fingerprint density at radius 3 is 2.94 bits per heavy atom. The Labute approximate surface area is 110 Å². The summed E-state index contributed by atoms with van der Waals surface area (Å²) in [5.41, 5.74) is 5.58. The van der Waals surface area contributed by atoms with Gasteiger partial charge < -0.3 is 10.3 Å². The van der Waals surface area contributed by atoms with Gasteiger partial charge in [-0.15, -0.1) is 10.2 Å². The molecule has 6 heteroatoms. The summed E-state index contributed by atoms with van der Waals surface area (Å²) >= 11 is 1.60. The lowest BCUT2D eigenvalue weighted by Crippen LogP contribution is -2.02. The Kier molecular flexibility index (Phi) is 3.19. The van der Waals surface area contributed by atoms with Gasteiger partial charge in [0.05, 0.1) is 0 Å². The topological polar surface area (TPSA) is 69.6 Å². The number of pyridine rings is 1. The van der Waals surface area contributed by atoms with Crippen molar-refractivity contribution in [2.75, 3.05) is 5.73 Å². The second kappa shape index (κ2) is 4.97. The van der Waals surface area contributed by atoms with Gasteiger partial charge in [0.1, 0.15) is 11.6 Å². The van der Waals surface area contributed by atoms with E-state index in [4.69, 9.17) is 5.73 Å². The molecule has 0 bridgehead atoms. The Hall–Kier alpha value is -1.56. The summed E-state index contributed by atoms with van der Waals surface area (Å²) in [5.74, 6) is 1.65. The van der Waals surface area contributed by atoms with Crippen molar-refractivity contribution in [3.05, 3.63) is 24.2 Å². The van der Waals surface area contributed by atoms with Crippen molar-refractivity contribution in [2.24, 2.45) is 0 Å². The maximum atomic E-state index is 5.58. The summed E-state index contributed by atoms with van der Waals surface area (Å²) in [6.45, 7) is 1.02. The van der Waals surface area contributed by atoms with E-state index in [9.17, 15) is 0 Å². The van der Waals surface area contributed by atoms with Gasteiger partial charge in [-0.2, -0.15) is 0 Å². The average molecular weight is 261 g/mol. The SMILES string of the molecule is Nc1ccc(Sc2nnc3n2CCCCC3)cn1. The van der Waals surface area contributed by atoms with E-state index in [1.54, 1.807) is 18.0 Å². The number of nitrogens with zero attached hydrogens (tertiary/aromatic N) is 4. The van der Waals surface area contributed by atoms with Crippen LogP contribution >= 0.6 is 11.8 Å². The highest BCUT2D eigenvalue weighted by Crippen LogP contribution is 2.28. The van der Waals surface area contributed by atoms with Crippen LogP contribution in [0.1, 0.15) is 25.1 Å². The van der Waals surface area contributed by atoms with Gasteiger partial charge in [-0.3, -0.25) is 0 Å². The Balaban J connectivity index is 1.84. The van der Waals surface area contributed by atoms with Crippen LogP contribution in [0, 0.1) is 0 Å². The fourth-order valence-electron chi connectivity index (χ4n) is 2.09. The highest BCUT2D eigenvalue weighted by molar-refractivity contribution is 7.99. The molecular formula is C12H15N5S. The number of hydrogen-bond donors (Lipinski definition) is 1. The summed E-state index contributed by atoms with van der Waals surface area (Å²) in [6, 6.07) is 3.77. The third-order valence-corrected chi connectivity index (χ3v) is 4.01. The van der Waals surface area contributed by atoms with Crippen LogP contribution in [0.4, 0.5) is 5.82 Å². The largest absolute Gasteiger partial charge is 0.384 e. The molecule has 0 fully saturated rings. The smallest absolute Gasteiger partial charge is 0.196 e. The minimum absolute atomic E-state index is 0.541. The molecule has 0 radical (unpaired) electrons. The molecule has 0 spiro atoms. The van der Waals surface area contributed by atoms with Crippen LogP contribution in [0.25, 0.3) is 0 Å². The molecular weight excluding hydrogens is 246 g/mol. The molecule has 3 rings (SSSR count). The normalized spacial score (nSPS) is 15.1. The molecule has 0 saturated carbocycles. The summed E-state index contributed by atoms with van der Waals surface area (Å²) in [4.78, 5) is 5.13. The van der Waals surface area contributed by atoms with E-state index in [1.165, 1.54) is 19.3 Å². The van der Waals surface area contributed by atoms with Crippen molar-refractivity contribution >= 4 is 17.6 Å². The first-order chi connectivity index (χ1) is 8.83. The van der Waals surface area contributed by atoms with E-state index >= 15 is 0 Å². The van der Waals surface area contributed by atoms with Crippen LogP contribution in [0.5, 0.6) is 0 Å². The van der Waals surface area contributed by atoms with Crippen molar-refractivity contribution in [2.45, 2.75) is 42.3 Å². The molecule has 0 aromatic carbocycles. The summed E-state index contributed by atoms with van der Waals surface area (Å²) < 4.78 is 2.23. The maximum absolute atomic E-state index is 5.58. The molecule has 2 aromatic rings. The third-order valence-electron chi connectivity index (χ3n) is 3.04. The summed E-state index contributed by atoms with van der Waals surface area (Å²) in [5, 5.41) is 9.51. The van der Waals surface area contributed by atoms with Gasteiger partial charge in [-0.05, 0) is 36.7 Å². The lowest BCUT2D eigenvalue weighted by atomic mass is 10.2. The first-order valence-electron chi connectivity index (χ1n) is 6.14. The van der Waals surface area contributed by atoms with Crippen LogP contribution in [0.2, 0.25) is 0 Å². The number of rotatable bonds is 2. The van der Waals surface area contributed by atoms with Crippen molar-refractivity contribution < 1.29 is 0 Å². The van der Waals surface area contributed by atoms with E-state index in [-0.39, 0.29) is 0 Å². The van der Waals surface area contributed by atoms with Gasteiger partial charge in [0, 0.05) is 24.1 Å². The predicted octanol–water partition coefficient (Wildman–Crippen LogP) is 2.13. The van der Waals surface area contributed by atoms with Crippen LogP contribution in [0.15, 0.2) is 28.4 Å². The molecule has 1 aliphatic rings. The van der Waals surface area contributed by atoms with Gasteiger partial charge in [0.25, 0.3) is 0 Å². The molecule has 2 N–H and O–H groups in total.